The zero-order chi connectivity index (χ0) is 15.6. The molecule has 1 aliphatic heterocycles. The van der Waals surface area contributed by atoms with Gasteiger partial charge in [-0.15, -0.1) is 11.3 Å². The third-order valence-electron chi connectivity index (χ3n) is 4.13. The first-order valence-corrected chi connectivity index (χ1v) is 9.52. The Morgan fingerprint density at radius 1 is 1.43 bits per heavy atom. The molecule has 120 valence electrons. The van der Waals surface area contributed by atoms with E-state index >= 15 is 0 Å². The highest BCUT2D eigenvalue weighted by Crippen LogP contribution is 2.30. The molecule has 0 unspecified atom stereocenters. The molecule has 0 aromatic carbocycles. The van der Waals surface area contributed by atoms with Gasteiger partial charge in [-0.3, -0.25) is 0 Å². The molecule has 0 radical (unpaired) electrons. The summed E-state index contributed by atoms with van der Waals surface area (Å²) in [5.41, 5.74) is 0. The first kappa shape index (κ1) is 16.9. The van der Waals surface area contributed by atoms with Gasteiger partial charge in [0.15, 0.2) is 0 Å². The molecule has 0 aliphatic carbocycles. The first-order valence-electron chi connectivity index (χ1n) is 7.26. The smallest absolute Gasteiger partial charge is 0.244 e. The third-order valence-corrected chi connectivity index (χ3v) is 7.35. The second-order valence-electron chi connectivity index (χ2n) is 5.72. The van der Waals surface area contributed by atoms with Crippen molar-refractivity contribution in [1.29, 1.82) is 0 Å². The number of thiophene rings is 1. The molecule has 2 heterocycles. The van der Waals surface area contributed by atoms with Crippen molar-refractivity contribution >= 4 is 21.4 Å². The molecule has 1 fully saturated rings. The van der Waals surface area contributed by atoms with Crippen molar-refractivity contribution in [2.24, 2.45) is 0 Å². The Labute approximate surface area is 132 Å². The summed E-state index contributed by atoms with van der Waals surface area (Å²) < 4.78 is 27.3. The quantitative estimate of drug-likeness (QED) is 0.888. The molecule has 0 amide bonds. The van der Waals surface area contributed by atoms with Gasteiger partial charge in [0.1, 0.15) is 0 Å². The van der Waals surface area contributed by atoms with Gasteiger partial charge in [-0.05, 0) is 53.0 Å². The molecule has 1 aliphatic rings. The van der Waals surface area contributed by atoms with E-state index in [0.29, 0.717) is 11.4 Å². The minimum Gasteiger partial charge on any atom is -0.315 e. The number of aryl methyl sites for hydroxylation is 1. The summed E-state index contributed by atoms with van der Waals surface area (Å²) in [6.45, 7) is 4.51. The number of piperidine rings is 1. The lowest BCUT2D eigenvalue weighted by atomic mass is 10.1. The molecule has 1 aromatic heterocycles. The van der Waals surface area contributed by atoms with Crippen LogP contribution in [0.25, 0.3) is 0 Å². The fourth-order valence-corrected chi connectivity index (χ4v) is 5.78. The van der Waals surface area contributed by atoms with Crippen LogP contribution in [0.1, 0.15) is 22.6 Å². The van der Waals surface area contributed by atoms with Crippen LogP contribution in [0.4, 0.5) is 0 Å². The zero-order valence-electron chi connectivity index (χ0n) is 13.2. The van der Waals surface area contributed by atoms with E-state index in [1.807, 2.05) is 20.0 Å². The summed E-state index contributed by atoms with van der Waals surface area (Å²) >= 11 is 1.55. The van der Waals surface area contributed by atoms with Crippen LogP contribution in [-0.2, 0) is 16.6 Å². The van der Waals surface area contributed by atoms with E-state index in [1.54, 1.807) is 22.7 Å². The van der Waals surface area contributed by atoms with E-state index in [2.05, 4.69) is 17.3 Å². The number of hydrogen-bond acceptors (Lipinski definition) is 5. The fraction of sp³-hybridized carbons (Fsp3) is 0.714. The minimum atomic E-state index is -3.39. The summed E-state index contributed by atoms with van der Waals surface area (Å²) in [4.78, 5) is 4.65. The molecule has 0 atom stereocenters. The third kappa shape index (κ3) is 3.65. The second kappa shape index (κ2) is 6.75. The Bertz CT molecular complexity index is 575. The number of rotatable bonds is 5. The SMILES string of the molecule is CNCc1cc(S(=O)(=O)N(C)C2CCN(C)CC2)c(C)s1. The normalized spacial score (nSPS) is 18.5. The van der Waals surface area contributed by atoms with E-state index in [0.717, 1.165) is 35.7 Å². The summed E-state index contributed by atoms with van der Waals surface area (Å²) in [5.74, 6) is 0. The largest absolute Gasteiger partial charge is 0.315 e. The van der Waals surface area contributed by atoms with Crippen LogP contribution < -0.4 is 5.32 Å². The van der Waals surface area contributed by atoms with Gasteiger partial charge in [-0.25, -0.2) is 8.42 Å². The van der Waals surface area contributed by atoms with Crippen LogP contribution in [0, 0.1) is 6.92 Å². The highest BCUT2D eigenvalue weighted by Gasteiger charge is 2.31. The van der Waals surface area contributed by atoms with Gasteiger partial charge in [0, 0.05) is 29.4 Å². The van der Waals surface area contributed by atoms with E-state index in [-0.39, 0.29) is 6.04 Å². The van der Waals surface area contributed by atoms with E-state index in [1.165, 1.54) is 0 Å². The molecule has 1 saturated heterocycles. The Kier molecular flexibility index (Phi) is 5.43. The van der Waals surface area contributed by atoms with Crippen LogP contribution in [0.2, 0.25) is 0 Å². The maximum atomic E-state index is 12.8. The zero-order valence-corrected chi connectivity index (χ0v) is 14.9. The topological polar surface area (TPSA) is 52.7 Å². The van der Waals surface area contributed by atoms with Gasteiger partial charge in [0.05, 0.1) is 4.90 Å². The van der Waals surface area contributed by atoms with Gasteiger partial charge < -0.3 is 10.2 Å². The number of nitrogens with one attached hydrogen (secondary N) is 1. The molecular weight excluding hydrogens is 306 g/mol. The van der Waals surface area contributed by atoms with Crippen LogP contribution >= 0.6 is 11.3 Å². The van der Waals surface area contributed by atoms with Crippen LogP contribution in [0.15, 0.2) is 11.0 Å². The number of likely N-dealkylation sites (tertiary alicyclic amines) is 1. The molecular formula is C14H25N3O2S2. The maximum Gasteiger partial charge on any atom is 0.244 e. The Hall–Kier alpha value is -0.470. The lowest BCUT2D eigenvalue weighted by molar-refractivity contribution is 0.197. The van der Waals surface area contributed by atoms with Crippen LogP contribution in [0.5, 0.6) is 0 Å². The molecule has 0 bridgehead atoms. The van der Waals surface area contributed by atoms with Crippen molar-refractivity contribution in [2.75, 3.05) is 34.2 Å². The van der Waals surface area contributed by atoms with Gasteiger partial charge in [-0.1, -0.05) is 0 Å². The van der Waals surface area contributed by atoms with Crippen LogP contribution in [0.3, 0.4) is 0 Å². The highest BCUT2D eigenvalue weighted by atomic mass is 32.2. The summed E-state index contributed by atoms with van der Waals surface area (Å²) in [7, 11) is 2.29. The minimum absolute atomic E-state index is 0.109. The summed E-state index contributed by atoms with van der Waals surface area (Å²) in [5, 5.41) is 3.07. The lowest BCUT2D eigenvalue weighted by Gasteiger charge is -2.34. The Morgan fingerprint density at radius 3 is 2.62 bits per heavy atom. The average Bonchev–Trinajstić information content (AvgIpc) is 2.81. The van der Waals surface area contributed by atoms with Crippen molar-refractivity contribution in [3.63, 3.8) is 0 Å². The Balaban J connectivity index is 2.20. The summed E-state index contributed by atoms with van der Waals surface area (Å²) in [6, 6.07) is 1.93. The molecule has 0 spiro atoms. The van der Waals surface area contributed by atoms with Gasteiger partial charge in [-0.2, -0.15) is 4.31 Å². The van der Waals surface area contributed by atoms with Crippen molar-refractivity contribution < 1.29 is 8.42 Å². The number of sulfonamides is 1. The van der Waals surface area contributed by atoms with Gasteiger partial charge >= 0.3 is 0 Å². The second-order valence-corrected chi connectivity index (χ2v) is 9.03. The van der Waals surface area contributed by atoms with Crippen molar-refractivity contribution in [1.82, 2.24) is 14.5 Å². The fourth-order valence-electron chi connectivity index (χ4n) is 2.75. The maximum absolute atomic E-state index is 12.8. The van der Waals surface area contributed by atoms with E-state index in [9.17, 15) is 8.42 Å². The molecule has 0 saturated carbocycles. The van der Waals surface area contributed by atoms with Crippen molar-refractivity contribution in [3.05, 3.63) is 15.8 Å². The predicted octanol–water partition coefficient (Wildman–Crippen LogP) is 1.49. The monoisotopic (exact) mass is 331 g/mol. The molecule has 2 rings (SSSR count). The highest BCUT2D eigenvalue weighted by molar-refractivity contribution is 7.89. The molecule has 7 heteroatoms. The summed E-state index contributed by atoms with van der Waals surface area (Å²) in [6.07, 6.45) is 1.80. The molecule has 1 N–H and O–H groups in total. The molecule has 21 heavy (non-hydrogen) atoms. The molecule has 1 aromatic rings. The first-order chi connectivity index (χ1) is 9.86. The van der Waals surface area contributed by atoms with E-state index < -0.39 is 10.0 Å². The number of hydrogen-bond donors (Lipinski definition) is 1. The Morgan fingerprint density at radius 2 is 2.05 bits per heavy atom. The van der Waals surface area contributed by atoms with Gasteiger partial charge in [0.2, 0.25) is 10.0 Å². The standard InChI is InChI=1S/C14H25N3O2S2/c1-11-14(9-13(20-11)10-15-2)21(18,19)17(4)12-5-7-16(3)8-6-12/h9,12,15H,5-8,10H2,1-4H3. The van der Waals surface area contributed by atoms with E-state index in [4.69, 9.17) is 0 Å². The van der Waals surface area contributed by atoms with Crippen molar-refractivity contribution in [2.45, 2.75) is 37.2 Å². The lowest BCUT2D eigenvalue weighted by Crippen LogP contribution is -2.44. The average molecular weight is 332 g/mol. The number of nitrogens with zero attached hydrogens (tertiary/aromatic N) is 2. The van der Waals surface area contributed by atoms with Crippen molar-refractivity contribution in [3.8, 4) is 0 Å². The predicted molar refractivity (Wildman–Crippen MR) is 87.3 cm³/mol. The molecule has 5 nitrogen and oxygen atoms in total. The van der Waals surface area contributed by atoms with Gasteiger partial charge in [0.25, 0.3) is 0 Å². The van der Waals surface area contributed by atoms with Crippen LogP contribution in [-0.4, -0.2) is 57.9 Å².